The third-order valence-corrected chi connectivity index (χ3v) is 5.86. The van der Waals surface area contributed by atoms with Crippen molar-refractivity contribution in [2.75, 3.05) is 34.2 Å². The SMILES string of the molecule is CN=C(NCC(C)c1cccs1)NCC(c1cccs1)N(C)C. The zero-order valence-corrected chi connectivity index (χ0v) is 15.9. The molecular weight excluding hydrogens is 324 g/mol. The summed E-state index contributed by atoms with van der Waals surface area (Å²) in [7, 11) is 6.04. The van der Waals surface area contributed by atoms with E-state index in [2.05, 4.69) is 76.6 Å². The largest absolute Gasteiger partial charge is 0.356 e. The highest BCUT2D eigenvalue weighted by Crippen LogP contribution is 2.22. The first kappa shape index (κ1) is 18.0. The summed E-state index contributed by atoms with van der Waals surface area (Å²) in [6.07, 6.45) is 0. The molecule has 2 heterocycles. The number of rotatable bonds is 7. The van der Waals surface area contributed by atoms with Gasteiger partial charge in [0.1, 0.15) is 0 Å². The minimum absolute atomic E-state index is 0.350. The van der Waals surface area contributed by atoms with E-state index in [4.69, 9.17) is 0 Å². The van der Waals surface area contributed by atoms with Crippen molar-refractivity contribution in [3.05, 3.63) is 44.8 Å². The molecule has 4 nitrogen and oxygen atoms in total. The number of thiophene rings is 2. The quantitative estimate of drug-likeness (QED) is 0.594. The van der Waals surface area contributed by atoms with Gasteiger partial charge in [-0.05, 0) is 37.0 Å². The topological polar surface area (TPSA) is 39.7 Å². The fourth-order valence-corrected chi connectivity index (χ4v) is 4.06. The molecule has 0 saturated heterocycles. The van der Waals surface area contributed by atoms with Crippen LogP contribution < -0.4 is 10.6 Å². The van der Waals surface area contributed by atoms with Gasteiger partial charge in [0, 0.05) is 35.8 Å². The highest BCUT2D eigenvalue weighted by Gasteiger charge is 2.16. The van der Waals surface area contributed by atoms with Gasteiger partial charge in [0.2, 0.25) is 0 Å². The number of hydrogen-bond donors (Lipinski definition) is 2. The molecule has 0 bridgehead atoms. The van der Waals surface area contributed by atoms with Gasteiger partial charge in [-0.15, -0.1) is 22.7 Å². The number of nitrogens with one attached hydrogen (secondary N) is 2. The second-order valence-corrected chi connectivity index (χ2v) is 7.70. The molecule has 0 spiro atoms. The van der Waals surface area contributed by atoms with Gasteiger partial charge >= 0.3 is 0 Å². The van der Waals surface area contributed by atoms with E-state index in [1.54, 1.807) is 22.7 Å². The molecular formula is C17H26N4S2. The first-order valence-electron chi connectivity index (χ1n) is 7.79. The Balaban J connectivity index is 1.84. The molecule has 2 aromatic heterocycles. The van der Waals surface area contributed by atoms with Gasteiger partial charge in [-0.2, -0.15) is 0 Å². The summed E-state index contributed by atoms with van der Waals surface area (Å²) < 4.78 is 0. The van der Waals surface area contributed by atoms with Crippen LogP contribution in [0.2, 0.25) is 0 Å². The minimum atomic E-state index is 0.350. The van der Waals surface area contributed by atoms with Crippen molar-refractivity contribution in [1.29, 1.82) is 0 Å². The predicted octanol–water partition coefficient (Wildman–Crippen LogP) is 3.38. The number of nitrogens with zero attached hydrogens (tertiary/aromatic N) is 2. The Bertz CT molecular complexity index is 576. The van der Waals surface area contributed by atoms with E-state index in [-0.39, 0.29) is 0 Å². The summed E-state index contributed by atoms with van der Waals surface area (Å²) in [4.78, 5) is 9.34. The van der Waals surface area contributed by atoms with Crippen LogP contribution in [0, 0.1) is 0 Å². The summed E-state index contributed by atoms with van der Waals surface area (Å²) in [5.41, 5.74) is 0. The second kappa shape index (κ2) is 9.05. The summed E-state index contributed by atoms with van der Waals surface area (Å²) in [5, 5.41) is 11.1. The predicted molar refractivity (Wildman–Crippen MR) is 103 cm³/mol. The standard InChI is InChI=1S/C17H26N4S2/c1-13(15-7-5-9-22-15)11-19-17(18-2)20-12-14(21(3)4)16-8-6-10-23-16/h5-10,13-14H,11-12H2,1-4H3,(H2,18,19,20). The Morgan fingerprint density at radius 1 is 1.09 bits per heavy atom. The fourth-order valence-electron chi connectivity index (χ4n) is 2.35. The molecule has 2 aromatic rings. The van der Waals surface area contributed by atoms with Gasteiger partial charge in [0.25, 0.3) is 0 Å². The van der Waals surface area contributed by atoms with Crippen molar-refractivity contribution in [2.45, 2.75) is 18.9 Å². The molecule has 2 atom stereocenters. The lowest BCUT2D eigenvalue weighted by atomic mass is 10.1. The van der Waals surface area contributed by atoms with Gasteiger partial charge < -0.3 is 15.5 Å². The number of hydrogen-bond acceptors (Lipinski definition) is 4. The third kappa shape index (κ3) is 5.34. The van der Waals surface area contributed by atoms with Gasteiger partial charge in [-0.25, -0.2) is 0 Å². The van der Waals surface area contributed by atoms with E-state index in [0.717, 1.165) is 19.0 Å². The van der Waals surface area contributed by atoms with Crippen LogP contribution in [0.5, 0.6) is 0 Å². The van der Waals surface area contributed by atoms with Crippen LogP contribution in [0.1, 0.15) is 28.6 Å². The first-order chi connectivity index (χ1) is 11.1. The molecule has 0 aliphatic heterocycles. The van der Waals surface area contributed by atoms with Crippen LogP contribution in [0.4, 0.5) is 0 Å². The maximum absolute atomic E-state index is 4.34. The maximum atomic E-state index is 4.34. The lowest BCUT2D eigenvalue weighted by molar-refractivity contribution is 0.302. The Hall–Kier alpha value is -1.37. The molecule has 0 aliphatic carbocycles. The summed E-state index contributed by atoms with van der Waals surface area (Å²) in [6, 6.07) is 8.93. The minimum Gasteiger partial charge on any atom is -0.356 e. The highest BCUT2D eigenvalue weighted by molar-refractivity contribution is 7.10. The number of aliphatic imine (C=N–C) groups is 1. The summed E-state index contributed by atoms with van der Waals surface area (Å²) in [6.45, 7) is 3.95. The van der Waals surface area contributed by atoms with Gasteiger partial charge in [-0.3, -0.25) is 4.99 Å². The molecule has 2 unspecified atom stereocenters. The van der Waals surface area contributed by atoms with E-state index >= 15 is 0 Å². The van der Waals surface area contributed by atoms with Crippen LogP contribution in [-0.2, 0) is 0 Å². The van der Waals surface area contributed by atoms with Crippen molar-refractivity contribution in [1.82, 2.24) is 15.5 Å². The van der Waals surface area contributed by atoms with Crippen molar-refractivity contribution >= 4 is 28.6 Å². The van der Waals surface area contributed by atoms with Crippen LogP contribution in [-0.4, -0.2) is 45.1 Å². The van der Waals surface area contributed by atoms with E-state index in [9.17, 15) is 0 Å². The van der Waals surface area contributed by atoms with Crippen molar-refractivity contribution in [3.8, 4) is 0 Å². The lowest BCUT2D eigenvalue weighted by Crippen LogP contribution is -2.42. The average Bonchev–Trinajstić information content (AvgIpc) is 3.23. The molecule has 23 heavy (non-hydrogen) atoms. The van der Waals surface area contributed by atoms with Crippen molar-refractivity contribution in [2.24, 2.45) is 4.99 Å². The molecule has 0 radical (unpaired) electrons. The van der Waals surface area contributed by atoms with Gasteiger partial charge in [0.15, 0.2) is 5.96 Å². The second-order valence-electron chi connectivity index (χ2n) is 5.75. The Morgan fingerprint density at radius 2 is 1.70 bits per heavy atom. The molecule has 0 amide bonds. The van der Waals surface area contributed by atoms with E-state index in [1.807, 2.05) is 7.05 Å². The average molecular weight is 351 g/mol. The van der Waals surface area contributed by atoms with Gasteiger partial charge in [0.05, 0.1) is 6.04 Å². The lowest BCUT2D eigenvalue weighted by Gasteiger charge is -2.25. The molecule has 0 saturated carbocycles. The molecule has 2 rings (SSSR count). The van der Waals surface area contributed by atoms with Crippen LogP contribution in [0.25, 0.3) is 0 Å². The molecule has 126 valence electrons. The molecule has 0 fully saturated rings. The van der Waals surface area contributed by atoms with Crippen molar-refractivity contribution in [3.63, 3.8) is 0 Å². The van der Waals surface area contributed by atoms with E-state index in [0.29, 0.717) is 12.0 Å². The zero-order chi connectivity index (χ0) is 16.7. The Labute approximate surface area is 147 Å². The van der Waals surface area contributed by atoms with Crippen LogP contribution in [0.15, 0.2) is 40.0 Å². The number of guanidine groups is 1. The number of likely N-dealkylation sites (N-methyl/N-ethyl adjacent to an activating group) is 1. The first-order valence-corrected chi connectivity index (χ1v) is 9.55. The maximum Gasteiger partial charge on any atom is 0.191 e. The van der Waals surface area contributed by atoms with Gasteiger partial charge in [-0.1, -0.05) is 19.1 Å². The van der Waals surface area contributed by atoms with E-state index in [1.165, 1.54) is 9.75 Å². The molecule has 0 aromatic carbocycles. The Morgan fingerprint density at radius 3 is 2.22 bits per heavy atom. The van der Waals surface area contributed by atoms with E-state index < -0.39 is 0 Å². The fraction of sp³-hybridized carbons (Fsp3) is 0.471. The monoisotopic (exact) mass is 350 g/mol. The normalized spacial score (nSPS) is 14.7. The third-order valence-electron chi connectivity index (χ3n) is 3.79. The van der Waals surface area contributed by atoms with Crippen molar-refractivity contribution < 1.29 is 0 Å². The molecule has 0 aliphatic rings. The molecule has 2 N–H and O–H groups in total. The van der Waals surface area contributed by atoms with Crippen LogP contribution in [0.3, 0.4) is 0 Å². The zero-order valence-electron chi connectivity index (χ0n) is 14.2. The smallest absolute Gasteiger partial charge is 0.191 e. The van der Waals surface area contributed by atoms with Crippen LogP contribution >= 0.6 is 22.7 Å². The molecule has 6 heteroatoms. The highest BCUT2D eigenvalue weighted by atomic mass is 32.1. The summed E-state index contributed by atoms with van der Waals surface area (Å²) in [5.74, 6) is 1.34. The summed E-state index contributed by atoms with van der Waals surface area (Å²) >= 11 is 3.60. The Kier molecular flexibility index (Phi) is 7.08.